The Bertz CT molecular complexity index is 1000. The molecule has 3 nitrogen and oxygen atoms in total. The Morgan fingerprint density at radius 1 is 0.968 bits per heavy atom. The van der Waals surface area contributed by atoms with Crippen LogP contribution in [0.1, 0.15) is 63.2 Å². The lowest BCUT2D eigenvalue weighted by atomic mass is 9.44. The normalized spacial score (nSPS) is 41.1. The van der Waals surface area contributed by atoms with Gasteiger partial charge in [0.2, 0.25) is 0 Å². The summed E-state index contributed by atoms with van der Waals surface area (Å²) in [6.45, 7) is 6.22. The van der Waals surface area contributed by atoms with E-state index in [1.165, 1.54) is 5.57 Å². The Kier molecular flexibility index (Phi) is 4.73. The predicted molar refractivity (Wildman–Crippen MR) is 120 cm³/mol. The van der Waals surface area contributed by atoms with Gasteiger partial charge in [0.05, 0.1) is 0 Å². The first kappa shape index (κ1) is 20.6. The van der Waals surface area contributed by atoms with Crippen molar-refractivity contribution in [1.82, 2.24) is 0 Å². The van der Waals surface area contributed by atoms with Crippen molar-refractivity contribution in [3.8, 4) is 0 Å². The van der Waals surface area contributed by atoms with Crippen LogP contribution in [0.25, 0.3) is 0 Å². The highest BCUT2D eigenvalue weighted by molar-refractivity contribution is 6.01. The van der Waals surface area contributed by atoms with Crippen LogP contribution in [-0.2, 0) is 9.59 Å². The zero-order valence-electron chi connectivity index (χ0n) is 18.8. The summed E-state index contributed by atoms with van der Waals surface area (Å²) in [6.07, 6.45) is 10.4. The molecule has 0 N–H and O–H groups in total. The number of ketones is 3. The molecule has 3 saturated carbocycles. The van der Waals surface area contributed by atoms with Gasteiger partial charge in [0, 0.05) is 22.8 Å². The average molecular weight is 417 g/mol. The molecular formula is C28H32O3. The van der Waals surface area contributed by atoms with Crippen LogP contribution >= 0.6 is 0 Å². The molecule has 0 amide bonds. The molecule has 1 aromatic carbocycles. The maximum absolute atomic E-state index is 13.9. The summed E-state index contributed by atoms with van der Waals surface area (Å²) in [5, 5.41) is 0. The Labute approximate surface area is 185 Å². The van der Waals surface area contributed by atoms with E-state index in [2.05, 4.69) is 19.9 Å². The van der Waals surface area contributed by atoms with E-state index < -0.39 is 0 Å². The molecular weight excluding hydrogens is 384 g/mol. The van der Waals surface area contributed by atoms with Gasteiger partial charge in [0.25, 0.3) is 0 Å². The van der Waals surface area contributed by atoms with E-state index in [1.807, 2.05) is 36.4 Å². The summed E-state index contributed by atoms with van der Waals surface area (Å²) in [6, 6.07) is 9.62. The van der Waals surface area contributed by atoms with Gasteiger partial charge in [-0.3, -0.25) is 14.4 Å². The molecule has 3 fully saturated rings. The molecule has 0 unspecified atom stereocenters. The molecule has 4 aliphatic rings. The topological polar surface area (TPSA) is 51.2 Å². The summed E-state index contributed by atoms with van der Waals surface area (Å²) >= 11 is 0. The Morgan fingerprint density at radius 2 is 1.71 bits per heavy atom. The average Bonchev–Trinajstić information content (AvgIpc) is 3.12. The van der Waals surface area contributed by atoms with Crippen LogP contribution in [0.15, 0.2) is 54.1 Å². The van der Waals surface area contributed by atoms with Crippen LogP contribution in [0.3, 0.4) is 0 Å². The Morgan fingerprint density at radius 3 is 2.42 bits per heavy atom. The smallest absolute Gasteiger partial charge is 0.178 e. The fourth-order valence-corrected chi connectivity index (χ4v) is 8.06. The summed E-state index contributed by atoms with van der Waals surface area (Å²) in [5.41, 5.74) is 1.54. The van der Waals surface area contributed by atoms with Crippen molar-refractivity contribution < 1.29 is 14.4 Å². The van der Waals surface area contributed by atoms with Crippen molar-refractivity contribution in [3.05, 3.63) is 59.7 Å². The van der Waals surface area contributed by atoms with Crippen molar-refractivity contribution in [3.63, 3.8) is 0 Å². The maximum Gasteiger partial charge on any atom is 0.178 e. The Hall–Kier alpha value is -2.29. The van der Waals surface area contributed by atoms with Gasteiger partial charge in [0.15, 0.2) is 11.6 Å². The van der Waals surface area contributed by atoms with Gasteiger partial charge in [-0.05, 0) is 74.3 Å². The molecule has 0 saturated heterocycles. The fraction of sp³-hybridized carbons (Fsp3) is 0.536. The molecule has 0 aliphatic heterocycles. The highest BCUT2D eigenvalue weighted by Gasteiger charge is 2.64. The van der Waals surface area contributed by atoms with E-state index >= 15 is 0 Å². The molecule has 1 aromatic rings. The summed E-state index contributed by atoms with van der Waals surface area (Å²) in [5.74, 6) is 1.51. The standard InChI is InChI=1S/C28H32O3/c1-17(29)22-11-12-23-21-10-9-19-15-20(30)13-14-27(19,2)24(21)16-25(28(22,23)3)26(31)18-7-5-4-6-8-18/h4-8,13-15,21-25H,9-12,16H2,1-3H3/t21-,22+,23-,24-,25+,27-,28+/m0/s1. The molecule has 0 bridgehead atoms. The molecule has 0 heterocycles. The van der Waals surface area contributed by atoms with Gasteiger partial charge in [0.1, 0.15) is 5.78 Å². The van der Waals surface area contributed by atoms with Crippen molar-refractivity contribution in [2.45, 2.75) is 52.9 Å². The first-order chi connectivity index (χ1) is 14.8. The van der Waals surface area contributed by atoms with Gasteiger partial charge >= 0.3 is 0 Å². The molecule has 3 heteroatoms. The SMILES string of the molecule is CC(=O)[C@H]1CC[C@H]2[C@@H]3CCC4=CC(=O)C=C[C@]4(C)[C@H]3C[C@H](C(=O)c3ccccc3)[C@]12C. The lowest BCUT2D eigenvalue weighted by Gasteiger charge is -2.59. The van der Waals surface area contributed by atoms with Gasteiger partial charge in [-0.25, -0.2) is 0 Å². The first-order valence-electron chi connectivity index (χ1n) is 11.8. The van der Waals surface area contributed by atoms with Gasteiger partial charge in [-0.1, -0.05) is 55.8 Å². The molecule has 4 aliphatic carbocycles. The lowest BCUT2D eigenvalue weighted by Crippen LogP contribution is -2.56. The molecule has 7 atom stereocenters. The maximum atomic E-state index is 13.9. The molecule has 162 valence electrons. The quantitative estimate of drug-likeness (QED) is 0.602. The van der Waals surface area contributed by atoms with Crippen LogP contribution in [0.5, 0.6) is 0 Å². The minimum atomic E-state index is -0.286. The number of carbonyl (C=O) groups excluding carboxylic acids is 3. The number of allylic oxidation sites excluding steroid dienone is 4. The van der Waals surface area contributed by atoms with Crippen molar-refractivity contribution in [2.24, 2.45) is 40.4 Å². The second kappa shape index (κ2) is 7.12. The third-order valence-electron chi connectivity index (χ3n) is 9.58. The molecule has 0 spiro atoms. The minimum Gasteiger partial charge on any atom is -0.300 e. The Balaban J connectivity index is 1.61. The predicted octanol–water partition coefficient (Wildman–Crippen LogP) is 5.61. The van der Waals surface area contributed by atoms with Crippen LogP contribution < -0.4 is 0 Å². The number of hydrogen-bond acceptors (Lipinski definition) is 3. The van der Waals surface area contributed by atoms with Crippen LogP contribution in [-0.4, -0.2) is 17.3 Å². The van der Waals surface area contributed by atoms with Crippen LogP contribution in [0.4, 0.5) is 0 Å². The summed E-state index contributed by atoms with van der Waals surface area (Å²) < 4.78 is 0. The second-order valence-corrected chi connectivity index (χ2v) is 10.7. The highest BCUT2D eigenvalue weighted by Crippen LogP contribution is 2.68. The van der Waals surface area contributed by atoms with E-state index in [9.17, 15) is 14.4 Å². The van der Waals surface area contributed by atoms with Gasteiger partial charge < -0.3 is 0 Å². The van der Waals surface area contributed by atoms with Crippen LogP contribution in [0.2, 0.25) is 0 Å². The summed E-state index contributed by atoms with van der Waals surface area (Å²) in [4.78, 5) is 38.7. The third-order valence-corrected chi connectivity index (χ3v) is 9.58. The van der Waals surface area contributed by atoms with Crippen molar-refractivity contribution >= 4 is 17.3 Å². The zero-order chi connectivity index (χ0) is 22.0. The lowest BCUT2D eigenvalue weighted by molar-refractivity contribution is -0.130. The number of benzene rings is 1. The van der Waals surface area contributed by atoms with E-state index in [0.29, 0.717) is 17.8 Å². The highest BCUT2D eigenvalue weighted by atomic mass is 16.1. The number of hydrogen-bond donors (Lipinski definition) is 0. The number of fused-ring (bicyclic) bond motifs is 5. The third kappa shape index (κ3) is 2.88. The monoisotopic (exact) mass is 416 g/mol. The van der Waals surface area contributed by atoms with Crippen molar-refractivity contribution in [1.29, 1.82) is 0 Å². The first-order valence-corrected chi connectivity index (χ1v) is 11.8. The van der Waals surface area contributed by atoms with Gasteiger partial charge in [-0.2, -0.15) is 0 Å². The van der Waals surface area contributed by atoms with E-state index in [-0.39, 0.29) is 40.0 Å². The summed E-state index contributed by atoms with van der Waals surface area (Å²) in [7, 11) is 0. The van der Waals surface area contributed by atoms with Gasteiger partial charge in [-0.15, -0.1) is 0 Å². The molecule has 0 radical (unpaired) electrons. The number of carbonyl (C=O) groups is 3. The minimum absolute atomic E-state index is 0.0377. The largest absolute Gasteiger partial charge is 0.300 e. The van der Waals surface area contributed by atoms with E-state index in [4.69, 9.17) is 0 Å². The second-order valence-electron chi connectivity index (χ2n) is 10.7. The number of rotatable bonds is 3. The zero-order valence-corrected chi connectivity index (χ0v) is 18.8. The molecule has 0 aromatic heterocycles. The molecule has 31 heavy (non-hydrogen) atoms. The molecule has 5 rings (SSSR count). The fourth-order valence-electron chi connectivity index (χ4n) is 8.06. The van der Waals surface area contributed by atoms with E-state index in [1.54, 1.807) is 13.0 Å². The van der Waals surface area contributed by atoms with Crippen LogP contribution in [0, 0.1) is 40.4 Å². The number of Topliss-reactive ketones (excluding diaryl/α,β-unsaturated/α-hetero) is 2. The van der Waals surface area contributed by atoms with E-state index in [0.717, 1.165) is 37.7 Å². The van der Waals surface area contributed by atoms with Crippen molar-refractivity contribution in [2.75, 3.05) is 0 Å².